The number of likely N-dealkylation sites (tertiary alicyclic amines) is 1. The van der Waals surface area contributed by atoms with Gasteiger partial charge in [0.05, 0.1) is 0 Å². The number of benzene rings is 1. The monoisotopic (exact) mass is 418 g/mol. The number of hydrogen-bond acceptors (Lipinski definition) is 5. The number of carbonyl (C=O) groups is 1. The third kappa shape index (κ3) is 4.19. The van der Waals surface area contributed by atoms with Gasteiger partial charge in [0.25, 0.3) is 10.0 Å². The molecule has 0 unspecified atom stereocenters. The summed E-state index contributed by atoms with van der Waals surface area (Å²) in [6.45, 7) is 10.4. The molecule has 3 heterocycles. The molecule has 0 N–H and O–H groups in total. The number of amidine groups is 1. The second-order valence-electron chi connectivity index (χ2n) is 8.67. The van der Waals surface area contributed by atoms with Crippen molar-refractivity contribution in [2.45, 2.75) is 31.6 Å². The molecule has 1 amide bonds. The van der Waals surface area contributed by atoms with Gasteiger partial charge < -0.3 is 9.80 Å². The molecule has 0 aromatic heterocycles. The lowest BCUT2D eigenvalue weighted by Gasteiger charge is -2.39. The number of rotatable bonds is 3. The normalized spacial score (nSPS) is 22.7. The summed E-state index contributed by atoms with van der Waals surface area (Å²) in [5, 5.41) is 0. The Morgan fingerprint density at radius 3 is 2.38 bits per heavy atom. The van der Waals surface area contributed by atoms with Crippen LogP contribution in [0.3, 0.4) is 0 Å². The first-order chi connectivity index (χ1) is 13.8. The maximum Gasteiger partial charge on any atom is 0.285 e. The fourth-order valence-electron chi connectivity index (χ4n) is 4.58. The van der Waals surface area contributed by atoms with Crippen LogP contribution in [0.15, 0.2) is 33.6 Å². The predicted octanol–water partition coefficient (Wildman–Crippen LogP) is 1.65. The topological polar surface area (TPSA) is 73.3 Å². The summed E-state index contributed by atoms with van der Waals surface area (Å²) >= 11 is 0. The molecule has 0 saturated carbocycles. The molecule has 8 heteroatoms. The van der Waals surface area contributed by atoms with Crippen molar-refractivity contribution in [3.05, 3.63) is 29.8 Å². The highest BCUT2D eigenvalue weighted by Gasteiger charge is 2.35. The summed E-state index contributed by atoms with van der Waals surface area (Å²) in [5.41, 5.74) is 0.679. The van der Waals surface area contributed by atoms with E-state index in [1.807, 2.05) is 21.9 Å². The van der Waals surface area contributed by atoms with Crippen molar-refractivity contribution in [1.29, 1.82) is 0 Å². The highest BCUT2D eigenvalue weighted by atomic mass is 32.2. The fraction of sp³-hybridized carbons (Fsp3) is 0.619. The Hall–Kier alpha value is -1.93. The van der Waals surface area contributed by atoms with Gasteiger partial charge in [0, 0.05) is 57.3 Å². The first kappa shape index (κ1) is 20.3. The minimum Gasteiger partial charge on any atom is -0.355 e. The second-order valence-corrected chi connectivity index (χ2v) is 10.2. The number of amides is 1. The summed E-state index contributed by atoms with van der Waals surface area (Å²) in [4.78, 5) is 19.7. The number of piperidine rings is 1. The molecule has 1 aromatic carbocycles. The van der Waals surface area contributed by atoms with Gasteiger partial charge >= 0.3 is 0 Å². The Kier molecular flexibility index (Phi) is 5.66. The number of hydrogen-bond donors (Lipinski definition) is 0. The molecule has 1 aromatic rings. The standard InChI is InChI=1S/C21H30N4O3S/c1-16(2)15-23-11-13-25(14-12-23)21(26)17-7-9-24(10-8-17)20-18-5-3-4-6-19(18)29(27,28)22-20/h3-6,16-17H,7-15H2,1-2H3. The van der Waals surface area contributed by atoms with Gasteiger partial charge in [-0.15, -0.1) is 4.40 Å². The summed E-state index contributed by atoms with van der Waals surface area (Å²) in [5.74, 6) is 1.47. The molecule has 158 valence electrons. The van der Waals surface area contributed by atoms with Crippen molar-refractivity contribution in [2.24, 2.45) is 16.2 Å². The Morgan fingerprint density at radius 1 is 1.07 bits per heavy atom. The molecular formula is C21H30N4O3S. The van der Waals surface area contributed by atoms with E-state index in [0.29, 0.717) is 30.4 Å². The largest absolute Gasteiger partial charge is 0.355 e. The van der Waals surface area contributed by atoms with Crippen LogP contribution in [0.4, 0.5) is 0 Å². The summed E-state index contributed by atoms with van der Waals surface area (Å²) in [7, 11) is -3.60. The van der Waals surface area contributed by atoms with E-state index in [9.17, 15) is 13.2 Å². The number of piperazine rings is 1. The van der Waals surface area contributed by atoms with Gasteiger partial charge in [0.1, 0.15) is 4.90 Å². The average Bonchev–Trinajstić information content (AvgIpc) is 2.99. The molecule has 0 bridgehead atoms. The van der Waals surface area contributed by atoms with Gasteiger partial charge in [-0.2, -0.15) is 8.42 Å². The summed E-state index contributed by atoms with van der Waals surface area (Å²) in [6, 6.07) is 6.98. The molecule has 3 aliphatic rings. The van der Waals surface area contributed by atoms with Crippen LogP contribution in [0.5, 0.6) is 0 Å². The molecule has 29 heavy (non-hydrogen) atoms. The van der Waals surface area contributed by atoms with Gasteiger partial charge in [-0.25, -0.2) is 0 Å². The van der Waals surface area contributed by atoms with Crippen molar-refractivity contribution in [2.75, 3.05) is 45.8 Å². The lowest BCUT2D eigenvalue weighted by molar-refractivity contribution is -0.138. The van der Waals surface area contributed by atoms with Gasteiger partial charge in [-0.1, -0.05) is 26.0 Å². The van der Waals surface area contributed by atoms with Crippen molar-refractivity contribution >= 4 is 21.8 Å². The van der Waals surface area contributed by atoms with Crippen LogP contribution < -0.4 is 0 Å². The molecule has 0 aliphatic carbocycles. The third-order valence-electron chi connectivity index (χ3n) is 6.06. The predicted molar refractivity (Wildman–Crippen MR) is 112 cm³/mol. The Labute approximate surface area is 173 Å². The second kappa shape index (κ2) is 8.07. The average molecular weight is 419 g/mol. The first-order valence-corrected chi connectivity index (χ1v) is 12.0. The van der Waals surface area contributed by atoms with Crippen LogP contribution in [-0.2, 0) is 14.8 Å². The molecule has 7 nitrogen and oxygen atoms in total. The van der Waals surface area contributed by atoms with E-state index in [1.54, 1.807) is 12.1 Å². The number of carbonyl (C=O) groups excluding carboxylic acids is 1. The number of nitrogens with zero attached hydrogens (tertiary/aromatic N) is 4. The number of fused-ring (bicyclic) bond motifs is 1. The minimum absolute atomic E-state index is 0.0248. The smallest absolute Gasteiger partial charge is 0.285 e. The van der Waals surface area contributed by atoms with Crippen LogP contribution >= 0.6 is 0 Å². The minimum atomic E-state index is -3.60. The van der Waals surface area contributed by atoms with Crippen LogP contribution in [0.25, 0.3) is 0 Å². The molecule has 0 radical (unpaired) electrons. The molecule has 4 rings (SSSR count). The van der Waals surface area contributed by atoms with E-state index >= 15 is 0 Å². The highest BCUT2D eigenvalue weighted by molar-refractivity contribution is 7.90. The van der Waals surface area contributed by atoms with Gasteiger partial charge in [0.2, 0.25) is 5.91 Å². The quantitative estimate of drug-likeness (QED) is 0.746. The Bertz CT molecular complexity index is 896. The zero-order chi connectivity index (χ0) is 20.6. The zero-order valence-electron chi connectivity index (χ0n) is 17.2. The fourth-order valence-corrected chi connectivity index (χ4v) is 5.81. The van der Waals surface area contributed by atoms with Crippen LogP contribution in [0.1, 0.15) is 32.3 Å². The molecule has 0 atom stereocenters. The van der Waals surface area contributed by atoms with E-state index in [4.69, 9.17) is 0 Å². The molecule has 2 fully saturated rings. The van der Waals surface area contributed by atoms with Gasteiger partial charge in [-0.05, 0) is 30.9 Å². The maximum absolute atomic E-state index is 13.0. The van der Waals surface area contributed by atoms with E-state index < -0.39 is 10.0 Å². The van der Waals surface area contributed by atoms with Crippen molar-refractivity contribution < 1.29 is 13.2 Å². The SMILES string of the molecule is CC(C)CN1CCN(C(=O)C2CCN(C3=NS(=O)(=O)c4ccccc43)CC2)CC1. The van der Waals surface area contributed by atoms with Crippen LogP contribution in [-0.4, -0.2) is 80.7 Å². The zero-order valence-corrected chi connectivity index (χ0v) is 18.1. The molecule has 2 saturated heterocycles. The highest BCUT2D eigenvalue weighted by Crippen LogP contribution is 2.30. The van der Waals surface area contributed by atoms with Gasteiger partial charge in [0.15, 0.2) is 5.84 Å². The van der Waals surface area contributed by atoms with E-state index in [0.717, 1.165) is 45.6 Å². The lowest BCUT2D eigenvalue weighted by Crippen LogP contribution is -2.52. The molecule has 3 aliphatic heterocycles. The third-order valence-corrected chi connectivity index (χ3v) is 7.39. The first-order valence-electron chi connectivity index (χ1n) is 10.6. The van der Waals surface area contributed by atoms with E-state index in [1.165, 1.54) is 0 Å². The summed E-state index contributed by atoms with van der Waals surface area (Å²) in [6.07, 6.45) is 1.48. The molecular weight excluding hydrogens is 388 g/mol. The van der Waals surface area contributed by atoms with Crippen molar-refractivity contribution in [1.82, 2.24) is 14.7 Å². The Morgan fingerprint density at radius 2 is 1.72 bits per heavy atom. The number of sulfonamides is 1. The maximum atomic E-state index is 13.0. The van der Waals surface area contributed by atoms with Crippen LogP contribution in [0, 0.1) is 11.8 Å². The van der Waals surface area contributed by atoms with E-state index in [-0.39, 0.29) is 16.7 Å². The summed E-state index contributed by atoms with van der Waals surface area (Å²) < 4.78 is 28.6. The van der Waals surface area contributed by atoms with Crippen molar-refractivity contribution in [3.63, 3.8) is 0 Å². The van der Waals surface area contributed by atoms with E-state index in [2.05, 4.69) is 23.1 Å². The van der Waals surface area contributed by atoms with Crippen LogP contribution in [0.2, 0.25) is 0 Å². The molecule has 0 spiro atoms. The van der Waals surface area contributed by atoms with Gasteiger partial charge in [-0.3, -0.25) is 9.69 Å². The lowest BCUT2D eigenvalue weighted by atomic mass is 9.94. The Balaban J connectivity index is 1.34. The van der Waals surface area contributed by atoms with Crippen molar-refractivity contribution in [3.8, 4) is 0 Å².